The molecule has 158 valence electrons. The van der Waals surface area contributed by atoms with Crippen LogP contribution in [-0.4, -0.2) is 36.8 Å². The highest BCUT2D eigenvalue weighted by Crippen LogP contribution is 2.40. The first-order chi connectivity index (χ1) is 14.3. The summed E-state index contributed by atoms with van der Waals surface area (Å²) in [6.45, 7) is 2.63. The molecule has 0 aliphatic carbocycles. The predicted octanol–water partition coefficient (Wildman–Crippen LogP) is 4.03. The van der Waals surface area contributed by atoms with Crippen molar-refractivity contribution >= 4 is 11.3 Å². The van der Waals surface area contributed by atoms with Crippen molar-refractivity contribution in [2.45, 2.75) is 19.1 Å². The molecule has 1 aromatic heterocycles. The van der Waals surface area contributed by atoms with Gasteiger partial charge < -0.3 is 19.8 Å². The molecule has 2 aromatic rings. The third kappa shape index (κ3) is 3.51. The van der Waals surface area contributed by atoms with E-state index in [1.807, 2.05) is 41.4 Å². The van der Waals surface area contributed by atoms with Gasteiger partial charge in [0.1, 0.15) is 5.75 Å². The Morgan fingerprint density at radius 2 is 1.93 bits per heavy atom. The fourth-order valence-electron chi connectivity index (χ4n) is 3.66. The van der Waals surface area contributed by atoms with Gasteiger partial charge in [-0.05, 0) is 30.7 Å². The summed E-state index contributed by atoms with van der Waals surface area (Å²) in [5.41, 5.74) is 5.85. The zero-order valence-corrected chi connectivity index (χ0v) is 16.7. The highest BCUT2D eigenvalue weighted by molar-refractivity contribution is 5.81. The molecule has 9 heteroatoms. The Morgan fingerprint density at radius 1 is 1.13 bits per heavy atom. The first-order valence-corrected chi connectivity index (χ1v) is 9.32. The number of hydrazine groups is 1. The van der Waals surface area contributed by atoms with Crippen LogP contribution in [0.15, 0.2) is 54.6 Å². The summed E-state index contributed by atoms with van der Waals surface area (Å²) in [6, 6.07) is 7.72. The SMILES string of the molecule is COc1cc(C2=CNN3C2=CN(c2ccc(C(F)(F)F)c(OC)c2)C[C@@H]3C)ccn1. The topological polar surface area (TPSA) is 49.9 Å². The number of hydrogen-bond acceptors (Lipinski definition) is 6. The van der Waals surface area contributed by atoms with Gasteiger partial charge in [0.2, 0.25) is 5.88 Å². The number of alkyl halides is 3. The molecule has 0 saturated heterocycles. The molecule has 0 radical (unpaired) electrons. The van der Waals surface area contributed by atoms with Crippen LogP contribution in [0.1, 0.15) is 18.1 Å². The first-order valence-electron chi connectivity index (χ1n) is 9.32. The van der Waals surface area contributed by atoms with Crippen molar-refractivity contribution in [2.75, 3.05) is 25.7 Å². The van der Waals surface area contributed by atoms with Gasteiger partial charge in [0.25, 0.3) is 0 Å². The van der Waals surface area contributed by atoms with E-state index in [9.17, 15) is 13.2 Å². The van der Waals surface area contributed by atoms with E-state index in [0.29, 0.717) is 18.1 Å². The molecule has 0 bridgehead atoms. The molecule has 1 atom stereocenters. The lowest BCUT2D eigenvalue weighted by Gasteiger charge is -2.38. The molecule has 0 amide bonds. The number of anilines is 1. The molecule has 0 fully saturated rings. The number of pyridine rings is 1. The molecule has 1 N–H and O–H groups in total. The number of allylic oxidation sites excluding steroid dienone is 1. The minimum atomic E-state index is -4.47. The van der Waals surface area contributed by atoms with Crippen LogP contribution in [0.25, 0.3) is 5.57 Å². The average Bonchev–Trinajstić information content (AvgIpc) is 3.17. The fraction of sp³-hybridized carbons (Fsp3) is 0.286. The molecule has 1 aromatic carbocycles. The molecule has 2 aliphatic rings. The van der Waals surface area contributed by atoms with Crippen molar-refractivity contribution in [1.82, 2.24) is 15.4 Å². The molecule has 0 unspecified atom stereocenters. The quantitative estimate of drug-likeness (QED) is 0.809. The molecular weight excluding hydrogens is 397 g/mol. The van der Waals surface area contributed by atoms with Crippen LogP contribution < -0.4 is 19.8 Å². The minimum Gasteiger partial charge on any atom is -0.496 e. The van der Waals surface area contributed by atoms with Crippen LogP contribution in [0.4, 0.5) is 18.9 Å². The molecule has 3 heterocycles. The Balaban J connectivity index is 1.71. The number of aromatic nitrogens is 1. The van der Waals surface area contributed by atoms with Crippen molar-refractivity contribution in [3.63, 3.8) is 0 Å². The minimum absolute atomic E-state index is 0.0655. The second kappa shape index (κ2) is 7.47. The van der Waals surface area contributed by atoms with E-state index in [1.165, 1.54) is 19.2 Å². The van der Waals surface area contributed by atoms with Gasteiger partial charge in [-0.25, -0.2) is 4.98 Å². The van der Waals surface area contributed by atoms with Crippen LogP contribution >= 0.6 is 0 Å². The first kappa shape index (κ1) is 19.9. The van der Waals surface area contributed by atoms with Crippen molar-refractivity contribution in [1.29, 1.82) is 0 Å². The lowest BCUT2D eigenvalue weighted by Crippen LogP contribution is -2.47. The van der Waals surface area contributed by atoms with Crippen molar-refractivity contribution in [2.24, 2.45) is 0 Å². The normalized spacial score (nSPS) is 18.4. The number of methoxy groups -OCH3 is 2. The average molecular weight is 418 g/mol. The van der Waals surface area contributed by atoms with Gasteiger partial charge in [0, 0.05) is 48.5 Å². The summed E-state index contributed by atoms with van der Waals surface area (Å²) in [5.74, 6) is 0.299. The van der Waals surface area contributed by atoms with E-state index in [1.54, 1.807) is 13.3 Å². The van der Waals surface area contributed by atoms with Crippen LogP contribution in [0.5, 0.6) is 11.6 Å². The number of ether oxygens (including phenoxy) is 2. The molecule has 6 nitrogen and oxygen atoms in total. The van der Waals surface area contributed by atoms with Gasteiger partial charge in [-0.15, -0.1) is 0 Å². The van der Waals surface area contributed by atoms with Gasteiger partial charge in [0.15, 0.2) is 0 Å². The van der Waals surface area contributed by atoms with Gasteiger partial charge >= 0.3 is 6.18 Å². The van der Waals surface area contributed by atoms with Crippen LogP contribution in [0.3, 0.4) is 0 Å². The summed E-state index contributed by atoms with van der Waals surface area (Å²) >= 11 is 0. The monoisotopic (exact) mass is 418 g/mol. The maximum Gasteiger partial charge on any atom is 0.419 e. The summed E-state index contributed by atoms with van der Waals surface area (Å²) in [4.78, 5) is 6.07. The number of benzene rings is 1. The Morgan fingerprint density at radius 3 is 2.63 bits per heavy atom. The maximum atomic E-state index is 13.2. The van der Waals surface area contributed by atoms with E-state index in [-0.39, 0.29) is 11.8 Å². The molecular formula is C21H21F3N4O2. The van der Waals surface area contributed by atoms with Crippen molar-refractivity contribution in [3.05, 3.63) is 65.8 Å². The van der Waals surface area contributed by atoms with E-state index in [0.717, 1.165) is 22.9 Å². The summed E-state index contributed by atoms with van der Waals surface area (Å²) in [5, 5.41) is 2.03. The van der Waals surface area contributed by atoms with E-state index < -0.39 is 11.7 Å². The zero-order valence-electron chi connectivity index (χ0n) is 16.7. The van der Waals surface area contributed by atoms with Gasteiger partial charge in [-0.1, -0.05) is 0 Å². The second-order valence-corrected chi connectivity index (χ2v) is 7.04. The fourth-order valence-corrected chi connectivity index (χ4v) is 3.66. The van der Waals surface area contributed by atoms with Crippen LogP contribution in [-0.2, 0) is 6.18 Å². The molecule has 2 aliphatic heterocycles. The number of hydrogen-bond donors (Lipinski definition) is 1. The Labute approximate surface area is 172 Å². The number of nitrogens with zero attached hydrogens (tertiary/aromatic N) is 3. The van der Waals surface area contributed by atoms with Crippen molar-refractivity contribution < 1.29 is 22.6 Å². The van der Waals surface area contributed by atoms with Gasteiger partial charge in [-0.2, -0.15) is 13.2 Å². The Kier molecular flexibility index (Phi) is 4.97. The lowest BCUT2D eigenvalue weighted by molar-refractivity contribution is -0.138. The Hall–Kier alpha value is -3.36. The molecule has 4 rings (SSSR count). The summed E-state index contributed by atoms with van der Waals surface area (Å²) in [7, 11) is 2.80. The second-order valence-electron chi connectivity index (χ2n) is 7.04. The smallest absolute Gasteiger partial charge is 0.419 e. The molecule has 0 spiro atoms. The third-order valence-electron chi connectivity index (χ3n) is 5.14. The molecule has 30 heavy (non-hydrogen) atoms. The largest absolute Gasteiger partial charge is 0.496 e. The number of rotatable bonds is 4. The third-order valence-corrected chi connectivity index (χ3v) is 5.14. The lowest BCUT2D eigenvalue weighted by atomic mass is 10.0. The predicted molar refractivity (Wildman–Crippen MR) is 107 cm³/mol. The number of fused-ring (bicyclic) bond motifs is 1. The van der Waals surface area contributed by atoms with Crippen LogP contribution in [0, 0.1) is 0 Å². The maximum absolute atomic E-state index is 13.2. The standard InChI is InChI=1S/C21H21F3N4O2/c1-13-11-27(15-4-5-17(21(22,23)24)19(9-15)29-2)12-18-16(10-26-28(13)18)14-6-7-25-20(8-14)30-3/h4-10,12-13,26H,11H2,1-3H3/t13-/m0/s1. The van der Waals surface area contributed by atoms with Crippen molar-refractivity contribution in [3.8, 4) is 11.6 Å². The zero-order chi connectivity index (χ0) is 21.5. The van der Waals surface area contributed by atoms with Gasteiger partial charge in [0.05, 0.1) is 31.5 Å². The summed E-state index contributed by atoms with van der Waals surface area (Å²) in [6.07, 6.45) is 1.01. The number of halogens is 3. The summed E-state index contributed by atoms with van der Waals surface area (Å²) < 4.78 is 49.8. The van der Waals surface area contributed by atoms with Crippen LogP contribution in [0.2, 0.25) is 0 Å². The highest BCUT2D eigenvalue weighted by atomic mass is 19.4. The number of nitrogens with one attached hydrogen (secondary N) is 1. The van der Waals surface area contributed by atoms with E-state index >= 15 is 0 Å². The molecule has 0 saturated carbocycles. The highest BCUT2D eigenvalue weighted by Gasteiger charge is 2.35. The van der Waals surface area contributed by atoms with E-state index in [2.05, 4.69) is 10.4 Å². The Bertz CT molecular complexity index is 1020. The van der Waals surface area contributed by atoms with Gasteiger partial charge in [-0.3, -0.25) is 5.01 Å². The van der Waals surface area contributed by atoms with E-state index in [4.69, 9.17) is 9.47 Å².